The molecule has 0 saturated heterocycles. The third kappa shape index (κ3) is 3.72. The number of carbonyl (C=O) groups is 1. The summed E-state index contributed by atoms with van der Waals surface area (Å²) in [7, 11) is 0. The van der Waals surface area contributed by atoms with Gasteiger partial charge in [-0.25, -0.2) is 8.78 Å². The average Bonchev–Trinajstić information content (AvgIpc) is 2.76. The van der Waals surface area contributed by atoms with Crippen LogP contribution in [0.2, 0.25) is 0 Å². The fourth-order valence-electron chi connectivity index (χ4n) is 1.47. The van der Waals surface area contributed by atoms with Gasteiger partial charge in [-0.05, 0) is 37.3 Å². The summed E-state index contributed by atoms with van der Waals surface area (Å²) in [6, 6.07) is 6.84. The summed E-state index contributed by atoms with van der Waals surface area (Å²) in [5, 5.41) is 2.35. The molecule has 2 aromatic rings. The first-order valence-electron chi connectivity index (χ1n) is 5.55. The third-order valence-corrected chi connectivity index (χ3v) is 3.32. The maximum atomic E-state index is 13.3. The first-order chi connectivity index (χ1) is 9.04. The van der Waals surface area contributed by atoms with E-state index in [1.54, 1.807) is 17.4 Å². The molecule has 1 aromatic heterocycles. The molecule has 2 nitrogen and oxygen atoms in total. The van der Waals surface area contributed by atoms with E-state index in [4.69, 9.17) is 0 Å². The lowest BCUT2D eigenvalue weighted by atomic mass is 10.3. The molecule has 0 aliphatic heterocycles. The Labute approximate surface area is 113 Å². The lowest BCUT2D eigenvalue weighted by Crippen LogP contribution is -2.09. The monoisotopic (exact) mass is 279 g/mol. The van der Waals surface area contributed by atoms with E-state index >= 15 is 0 Å². The fourth-order valence-corrected chi connectivity index (χ4v) is 2.25. The van der Waals surface area contributed by atoms with Crippen LogP contribution >= 0.6 is 11.3 Å². The Kier molecular flexibility index (Phi) is 4.06. The van der Waals surface area contributed by atoms with E-state index < -0.39 is 17.5 Å². The largest absolute Gasteiger partial charge is 0.320 e. The van der Waals surface area contributed by atoms with Gasteiger partial charge in [0.1, 0.15) is 11.6 Å². The molecule has 0 saturated carbocycles. The topological polar surface area (TPSA) is 29.1 Å². The number of benzene rings is 1. The Bertz CT molecular complexity index is 634. The van der Waals surface area contributed by atoms with Crippen LogP contribution in [0.15, 0.2) is 36.4 Å². The number of carbonyl (C=O) groups excluding carboxylic acids is 1. The number of halogens is 2. The lowest BCUT2D eigenvalue weighted by Gasteiger charge is -2.03. The second-order valence-electron chi connectivity index (χ2n) is 3.90. The van der Waals surface area contributed by atoms with E-state index in [1.807, 2.05) is 19.1 Å². The Morgan fingerprint density at radius 2 is 2.05 bits per heavy atom. The molecule has 0 spiro atoms. The normalized spacial score (nSPS) is 10.9. The second-order valence-corrected chi connectivity index (χ2v) is 5.21. The van der Waals surface area contributed by atoms with Crippen molar-refractivity contribution in [3.8, 4) is 0 Å². The van der Waals surface area contributed by atoms with Crippen LogP contribution < -0.4 is 5.32 Å². The van der Waals surface area contributed by atoms with Gasteiger partial charge in [-0.2, -0.15) is 0 Å². The molecule has 0 atom stereocenters. The molecule has 2 rings (SSSR count). The number of hydrogen-bond donors (Lipinski definition) is 1. The summed E-state index contributed by atoms with van der Waals surface area (Å²) < 4.78 is 26.0. The number of amides is 1. The summed E-state index contributed by atoms with van der Waals surface area (Å²) in [6.07, 6.45) is 2.96. The number of rotatable bonds is 3. The quantitative estimate of drug-likeness (QED) is 0.846. The van der Waals surface area contributed by atoms with Crippen LogP contribution in [0.25, 0.3) is 6.08 Å². The molecule has 5 heteroatoms. The SMILES string of the molecule is Cc1ccc(/C=C/C(=O)Nc2ccc(F)cc2F)s1. The summed E-state index contributed by atoms with van der Waals surface area (Å²) in [6.45, 7) is 1.97. The van der Waals surface area contributed by atoms with Gasteiger partial charge in [0.05, 0.1) is 5.69 Å². The van der Waals surface area contributed by atoms with E-state index in [-0.39, 0.29) is 5.69 Å². The lowest BCUT2D eigenvalue weighted by molar-refractivity contribution is -0.111. The number of hydrogen-bond acceptors (Lipinski definition) is 2. The van der Waals surface area contributed by atoms with Crippen molar-refractivity contribution in [1.82, 2.24) is 0 Å². The van der Waals surface area contributed by atoms with Crippen molar-refractivity contribution < 1.29 is 13.6 Å². The van der Waals surface area contributed by atoms with Gasteiger partial charge in [0, 0.05) is 21.9 Å². The average molecular weight is 279 g/mol. The number of thiophene rings is 1. The van der Waals surface area contributed by atoms with Crippen LogP contribution in [0, 0.1) is 18.6 Å². The number of anilines is 1. The highest BCUT2D eigenvalue weighted by atomic mass is 32.1. The second kappa shape index (κ2) is 5.75. The minimum Gasteiger partial charge on any atom is -0.320 e. The molecule has 1 amide bonds. The standard InChI is InChI=1S/C14H11F2NOS/c1-9-2-4-11(19-9)5-7-14(18)17-13-6-3-10(15)8-12(13)16/h2-8H,1H3,(H,17,18)/b7-5+. The smallest absolute Gasteiger partial charge is 0.248 e. The van der Waals surface area contributed by atoms with Crippen LogP contribution in [0.4, 0.5) is 14.5 Å². The Morgan fingerprint density at radius 1 is 1.26 bits per heavy atom. The maximum absolute atomic E-state index is 13.3. The van der Waals surface area contributed by atoms with Crippen LogP contribution in [-0.2, 0) is 4.79 Å². The van der Waals surface area contributed by atoms with Gasteiger partial charge >= 0.3 is 0 Å². The molecular weight excluding hydrogens is 268 g/mol. The van der Waals surface area contributed by atoms with Crippen molar-refractivity contribution in [2.45, 2.75) is 6.92 Å². The predicted octanol–water partition coefficient (Wildman–Crippen LogP) is 3.99. The zero-order chi connectivity index (χ0) is 13.8. The van der Waals surface area contributed by atoms with Crippen molar-refractivity contribution in [2.24, 2.45) is 0 Å². The highest BCUT2D eigenvalue weighted by molar-refractivity contribution is 7.12. The van der Waals surface area contributed by atoms with Gasteiger partial charge < -0.3 is 5.32 Å². The summed E-state index contributed by atoms with van der Waals surface area (Å²) in [4.78, 5) is 13.7. The zero-order valence-corrected chi connectivity index (χ0v) is 10.9. The number of aryl methyl sites for hydroxylation is 1. The van der Waals surface area contributed by atoms with E-state index in [2.05, 4.69) is 5.32 Å². The minimum absolute atomic E-state index is 0.0431. The molecule has 0 unspecified atom stereocenters. The highest BCUT2D eigenvalue weighted by Gasteiger charge is 2.05. The first-order valence-corrected chi connectivity index (χ1v) is 6.37. The molecular formula is C14H11F2NOS. The molecule has 0 aliphatic rings. The highest BCUT2D eigenvalue weighted by Crippen LogP contribution is 2.17. The predicted molar refractivity (Wildman–Crippen MR) is 73.1 cm³/mol. The van der Waals surface area contributed by atoms with E-state index in [9.17, 15) is 13.6 Å². The first kappa shape index (κ1) is 13.4. The Balaban J connectivity index is 2.03. The van der Waals surface area contributed by atoms with Gasteiger partial charge in [-0.1, -0.05) is 0 Å². The van der Waals surface area contributed by atoms with Crippen molar-refractivity contribution in [2.75, 3.05) is 5.32 Å². The minimum atomic E-state index is -0.797. The van der Waals surface area contributed by atoms with Gasteiger partial charge in [0.25, 0.3) is 0 Å². The third-order valence-electron chi connectivity index (χ3n) is 2.35. The molecule has 0 aliphatic carbocycles. The molecule has 0 radical (unpaired) electrons. The molecule has 0 bridgehead atoms. The number of nitrogens with one attached hydrogen (secondary N) is 1. The molecule has 19 heavy (non-hydrogen) atoms. The summed E-state index contributed by atoms with van der Waals surface area (Å²) >= 11 is 1.55. The molecule has 1 N–H and O–H groups in total. The van der Waals surface area contributed by atoms with Gasteiger partial charge in [-0.3, -0.25) is 4.79 Å². The van der Waals surface area contributed by atoms with Crippen molar-refractivity contribution in [3.63, 3.8) is 0 Å². The van der Waals surface area contributed by atoms with E-state index in [1.165, 1.54) is 12.1 Å². The van der Waals surface area contributed by atoms with Crippen LogP contribution in [0.1, 0.15) is 9.75 Å². The van der Waals surface area contributed by atoms with Crippen LogP contribution in [0.3, 0.4) is 0 Å². The Morgan fingerprint density at radius 3 is 2.68 bits per heavy atom. The zero-order valence-electron chi connectivity index (χ0n) is 10.1. The van der Waals surface area contributed by atoms with E-state index in [0.717, 1.165) is 21.9 Å². The van der Waals surface area contributed by atoms with Gasteiger partial charge in [0.2, 0.25) is 5.91 Å². The molecule has 0 fully saturated rings. The van der Waals surface area contributed by atoms with Gasteiger partial charge in [0.15, 0.2) is 0 Å². The van der Waals surface area contributed by atoms with Crippen molar-refractivity contribution in [1.29, 1.82) is 0 Å². The fraction of sp³-hybridized carbons (Fsp3) is 0.0714. The molecule has 98 valence electrons. The van der Waals surface area contributed by atoms with Gasteiger partial charge in [-0.15, -0.1) is 11.3 Å². The van der Waals surface area contributed by atoms with Crippen LogP contribution in [0.5, 0.6) is 0 Å². The van der Waals surface area contributed by atoms with Crippen molar-refractivity contribution >= 4 is 29.0 Å². The molecule has 1 aromatic carbocycles. The summed E-state index contributed by atoms with van der Waals surface area (Å²) in [5.41, 5.74) is -0.0431. The maximum Gasteiger partial charge on any atom is 0.248 e. The van der Waals surface area contributed by atoms with Crippen LogP contribution in [-0.4, -0.2) is 5.91 Å². The van der Waals surface area contributed by atoms with Crippen molar-refractivity contribution in [3.05, 3.63) is 57.8 Å². The van der Waals surface area contributed by atoms with E-state index in [0.29, 0.717) is 0 Å². The summed E-state index contributed by atoms with van der Waals surface area (Å²) in [5.74, 6) is -1.94. The molecule has 1 heterocycles. The Hall–Kier alpha value is -2.01.